The maximum Gasteiger partial charge on any atom is 0.153 e. The van der Waals surface area contributed by atoms with E-state index < -0.39 is 0 Å². The Morgan fingerprint density at radius 2 is 2.06 bits per heavy atom. The van der Waals surface area contributed by atoms with Crippen molar-refractivity contribution < 1.29 is 14.3 Å². The molecule has 0 unspecified atom stereocenters. The SMILES string of the molecule is CC(C)CCOCCOc1ccc(Br)cc1C=O. The van der Waals surface area contributed by atoms with Crippen molar-refractivity contribution in [3.8, 4) is 5.75 Å². The van der Waals surface area contributed by atoms with Crippen molar-refractivity contribution in [2.45, 2.75) is 20.3 Å². The Kier molecular flexibility index (Phi) is 6.98. The second-order valence-corrected chi connectivity index (χ2v) is 5.36. The predicted octanol–water partition coefficient (Wildman–Crippen LogP) is 3.70. The van der Waals surface area contributed by atoms with Crippen LogP contribution in [0.5, 0.6) is 5.75 Å². The van der Waals surface area contributed by atoms with E-state index in [9.17, 15) is 4.79 Å². The number of halogens is 1. The molecule has 0 saturated heterocycles. The van der Waals surface area contributed by atoms with E-state index in [-0.39, 0.29) is 0 Å². The van der Waals surface area contributed by atoms with Crippen molar-refractivity contribution in [3.05, 3.63) is 28.2 Å². The molecule has 0 fully saturated rings. The second kappa shape index (κ2) is 8.27. The van der Waals surface area contributed by atoms with Crippen LogP contribution in [0.4, 0.5) is 0 Å². The lowest BCUT2D eigenvalue weighted by atomic mass is 10.1. The van der Waals surface area contributed by atoms with Gasteiger partial charge in [-0.1, -0.05) is 29.8 Å². The Labute approximate surface area is 117 Å². The average Bonchev–Trinajstić information content (AvgIpc) is 2.34. The molecule has 0 N–H and O–H groups in total. The van der Waals surface area contributed by atoms with E-state index in [0.29, 0.717) is 30.4 Å². The number of aldehydes is 1. The quantitative estimate of drug-likeness (QED) is 0.542. The fourth-order valence-electron chi connectivity index (χ4n) is 1.37. The van der Waals surface area contributed by atoms with Gasteiger partial charge in [0, 0.05) is 11.1 Å². The number of ether oxygens (including phenoxy) is 2. The molecule has 0 amide bonds. The molecule has 18 heavy (non-hydrogen) atoms. The van der Waals surface area contributed by atoms with Crippen molar-refractivity contribution in [2.75, 3.05) is 19.8 Å². The lowest BCUT2D eigenvalue weighted by Crippen LogP contribution is -2.09. The highest BCUT2D eigenvalue weighted by Gasteiger charge is 2.03. The number of carbonyl (C=O) groups excluding carboxylic acids is 1. The van der Waals surface area contributed by atoms with Crippen LogP contribution in [0.25, 0.3) is 0 Å². The van der Waals surface area contributed by atoms with Crippen LogP contribution in [0.1, 0.15) is 30.6 Å². The summed E-state index contributed by atoms with van der Waals surface area (Å²) in [5, 5.41) is 0. The molecule has 1 aromatic rings. The van der Waals surface area contributed by atoms with Gasteiger partial charge >= 0.3 is 0 Å². The Morgan fingerprint density at radius 1 is 1.28 bits per heavy atom. The fourth-order valence-corrected chi connectivity index (χ4v) is 1.75. The molecule has 4 heteroatoms. The van der Waals surface area contributed by atoms with E-state index in [1.54, 1.807) is 12.1 Å². The van der Waals surface area contributed by atoms with E-state index in [1.165, 1.54) is 0 Å². The first-order valence-electron chi connectivity index (χ1n) is 6.08. The minimum Gasteiger partial charge on any atom is -0.490 e. The Morgan fingerprint density at radius 3 is 2.72 bits per heavy atom. The third kappa shape index (κ3) is 5.65. The summed E-state index contributed by atoms with van der Waals surface area (Å²) in [5.41, 5.74) is 0.548. The minimum absolute atomic E-state index is 0.459. The van der Waals surface area contributed by atoms with Gasteiger partial charge < -0.3 is 9.47 Å². The molecule has 100 valence electrons. The third-order valence-corrected chi connectivity index (χ3v) is 2.92. The van der Waals surface area contributed by atoms with Gasteiger partial charge in [0.05, 0.1) is 12.2 Å². The summed E-state index contributed by atoms with van der Waals surface area (Å²) in [6.45, 7) is 6.08. The average molecular weight is 315 g/mol. The monoisotopic (exact) mass is 314 g/mol. The van der Waals surface area contributed by atoms with Crippen LogP contribution in [0.3, 0.4) is 0 Å². The lowest BCUT2D eigenvalue weighted by molar-refractivity contribution is 0.0917. The molecule has 0 aliphatic heterocycles. The van der Waals surface area contributed by atoms with Gasteiger partial charge in [-0.3, -0.25) is 4.79 Å². The Balaban J connectivity index is 2.29. The summed E-state index contributed by atoms with van der Waals surface area (Å²) < 4.78 is 11.8. The van der Waals surface area contributed by atoms with Gasteiger partial charge in [-0.25, -0.2) is 0 Å². The fraction of sp³-hybridized carbons (Fsp3) is 0.500. The summed E-state index contributed by atoms with van der Waals surface area (Å²) in [7, 11) is 0. The van der Waals surface area contributed by atoms with Crippen LogP contribution in [0.2, 0.25) is 0 Å². The topological polar surface area (TPSA) is 35.5 Å². The molecule has 3 nitrogen and oxygen atoms in total. The zero-order valence-electron chi connectivity index (χ0n) is 10.8. The van der Waals surface area contributed by atoms with Gasteiger partial charge in [0.2, 0.25) is 0 Å². The smallest absolute Gasteiger partial charge is 0.153 e. The summed E-state index contributed by atoms with van der Waals surface area (Å²) in [6.07, 6.45) is 1.84. The van der Waals surface area contributed by atoms with Crippen LogP contribution in [0, 0.1) is 5.92 Å². The molecule has 0 radical (unpaired) electrons. The molecule has 0 aliphatic rings. The zero-order valence-corrected chi connectivity index (χ0v) is 12.4. The predicted molar refractivity (Wildman–Crippen MR) is 75.3 cm³/mol. The summed E-state index contributed by atoms with van der Waals surface area (Å²) >= 11 is 3.31. The molecule has 0 atom stereocenters. The second-order valence-electron chi connectivity index (χ2n) is 4.44. The summed E-state index contributed by atoms with van der Waals surface area (Å²) in [4.78, 5) is 10.9. The van der Waals surface area contributed by atoms with Crippen LogP contribution >= 0.6 is 15.9 Å². The molecule has 0 aromatic heterocycles. The van der Waals surface area contributed by atoms with Gasteiger partial charge in [0.1, 0.15) is 12.4 Å². The van der Waals surface area contributed by atoms with Crippen molar-refractivity contribution in [2.24, 2.45) is 5.92 Å². The molecule has 0 bridgehead atoms. The Hall–Kier alpha value is -0.870. The van der Waals surface area contributed by atoms with E-state index in [4.69, 9.17) is 9.47 Å². The highest BCUT2D eigenvalue weighted by Crippen LogP contribution is 2.21. The van der Waals surface area contributed by atoms with E-state index in [2.05, 4.69) is 29.8 Å². The molecule has 0 spiro atoms. The van der Waals surface area contributed by atoms with E-state index in [0.717, 1.165) is 23.8 Å². The normalized spacial score (nSPS) is 10.7. The summed E-state index contributed by atoms with van der Waals surface area (Å²) in [6, 6.07) is 5.37. The van der Waals surface area contributed by atoms with E-state index in [1.807, 2.05) is 6.07 Å². The van der Waals surface area contributed by atoms with Crippen LogP contribution in [-0.2, 0) is 4.74 Å². The minimum atomic E-state index is 0.459. The number of hydrogen-bond donors (Lipinski definition) is 0. The van der Waals surface area contributed by atoms with Crippen LogP contribution in [-0.4, -0.2) is 26.1 Å². The molecule has 0 saturated carbocycles. The lowest BCUT2D eigenvalue weighted by Gasteiger charge is -2.10. The highest BCUT2D eigenvalue weighted by atomic mass is 79.9. The molecule has 1 aromatic carbocycles. The van der Waals surface area contributed by atoms with Gasteiger partial charge in [0.15, 0.2) is 6.29 Å². The molecular formula is C14H19BrO3. The van der Waals surface area contributed by atoms with Crippen molar-refractivity contribution >= 4 is 22.2 Å². The largest absolute Gasteiger partial charge is 0.490 e. The number of rotatable bonds is 8. The molecular weight excluding hydrogens is 296 g/mol. The molecule has 1 rings (SSSR count). The van der Waals surface area contributed by atoms with E-state index >= 15 is 0 Å². The highest BCUT2D eigenvalue weighted by molar-refractivity contribution is 9.10. The van der Waals surface area contributed by atoms with Gasteiger partial charge in [0.25, 0.3) is 0 Å². The van der Waals surface area contributed by atoms with Gasteiger partial charge in [-0.15, -0.1) is 0 Å². The van der Waals surface area contributed by atoms with Crippen molar-refractivity contribution in [1.82, 2.24) is 0 Å². The van der Waals surface area contributed by atoms with Crippen LogP contribution in [0.15, 0.2) is 22.7 Å². The number of hydrogen-bond acceptors (Lipinski definition) is 3. The third-order valence-electron chi connectivity index (χ3n) is 2.42. The standard InChI is InChI=1S/C14H19BrO3/c1-11(2)5-6-17-7-8-18-14-4-3-13(15)9-12(14)10-16/h3-4,9-11H,5-8H2,1-2H3. The Bertz CT molecular complexity index is 377. The zero-order chi connectivity index (χ0) is 13.4. The van der Waals surface area contributed by atoms with Crippen molar-refractivity contribution in [3.63, 3.8) is 0 Å². The maximum atomic E-state index is 10.9. The van der Waals surface area contributed by atoms with Gasteiger partial charge in [-0.2, -0.15) is 0 Å². The first kappa shape index (κ1) is 15.2. The van der Waals surface area contributed by atoms with Gasteiger partial charge in [-0.05, 0) is 30.5 Å². The first-order chi connectivity index (χ1) is 8.63. The summed E-state index contributed by atoms with van der Waals surface area (Å²) in [5.74, 6) is 1.25. The molecule has 0 heterocycles. The number of benzene rings is 1. The van der Waals surface area contributed by atoms with Crippen LogP contribution < -0.4 is 4.74 Å². The maximum absolute atomic E-state index is 10.9. The first-order valence-corrected chi connectivity index (χ1v) is 6.88. The molecule has 0 aliphatic carbocycles. The number of carbonyl (C=O) groups is 1. The van der Waals surface area contributed by atoms with Crippen molar-refractivity contribution in [1.29, 1.82) is 0 Å².